The molecule has 1 heterocycles. The number of nitrogens with zero attached hydrogens (tertiary/aromatic N) is 2. The molecular formula is C18H32ClN3O3. The fourth-order valence-electron chi connectivity index (χ4n) is 4.08. The standard InChI is InChI=1S/C18H31N3O3.ClH/c1-2-21(12-17(23)24)15-7-9-20(10-8-15)11-16(22)19-18(13-3-4-13)14-5-6-14;/h13-15,18H,2-12H2,1H3,(H,19,22)(H,23,24);1H. The van der Waals surface area contributed by atoms with E-state index >= 15 is 0 Å². The fraction of sp³-hybridized carbons (Fsp3) is 0.889. The molecule has 3 fully saturated rings. The Hall–Kier alpha value is -0.850. The Kier molecular flexibility index (Phi) is 7.52. The van der Waals surface area contributed by atoms with Crippen LogP contribution in [0, 0.1) is 11.8 Å². The maximum Gasteiger partial charge on any atom is 0.317 e. The summed E-state index contributed by atoms with van der Waals surface area (Å²) in [6.45, 7) is 5.15. The van der Waals surface area contributed by atoms with Gasteiger partial charge in [-0.05, 0) is 56.9 Å². The number of halogens is 1. The van der Waals surface area contributed by atoms with Crippen molar-refractivity contribution in [2.75, 3.05) is 32.7 Å². The zero-order valence-electron chi connectivity index (χ0n) is 15.2. The van der Waals surface area contributed by atoms with E-state index in [-0.39, 0.29) is 24.9 Å². The van der Waals surface area contributed by atoms with Crippen molar-refractivity contribution >= 4 is 24.3 Å². The second kappa shape index (κ2) is 9.19. The Morgan fingerprint density at radius 1 is 1.12 bits per heavy atom. The van der Waals surface area contributed by atoms with Gasteiger partial charge in [0, 0.05) is 25.2 Å². The molecule has 7 heteroatoms. The zero-order chi connectivity index (χ0) is 17.1. The third-order valence-electron chi connectivity index (χ3n) is 5.77. The van der Waals surface area contributed by atoms with Gasteiger partial charge in [0.1, 0.15) is 0 Å². The third kappa shape index (κ3) is 6.12. The second-order valence-electron chi connectivity index (χ2n) is 7.73. The van der Waals surface area contributed by atoms with Gasteiger partial charge in [-0.3, -0.25) is 19.4 Å². The second-order valence-corrected chi connectivity index (χ2v) is 7.73. The molecule has 2 saturated carbocycles. The van der Waals surface area contributed by atoms with Crippen LogP contribution in [0.25, 0.3) is 0 Å². The lowest BCUT2D eigenvalue weighted by Gasteiger charge is -2.37. The molecule has 2 N–H and O–H groups in total. The minimum atomic E-state index is -0.759. The van der Waals surface area contributed by atoms with Gasteiger partial charge in [-0.1, -0.05) is 6.92 Å². The van der Waals surface area contributed by atoms with E-state index in [4.69, 9.17) is 5.11 Å². The molecule has 0 radical (unpaired) electrons. The van der Waals surface area contributed by atoms with Crippen LogP contribution >= 0.6 is 12.4 Å². The predicted octanol–water partition coefficient (Wildman–Crippen LogP) is 1.58. The summed E-state index contributed by atoms with van der Waals surface area (Å²) in [6.07, 6.45) is 7.02. The van der Waals surface area contributed by atoms with Gasteiger partial charge in [0.25, 0.3) is 0 Å². The van der Waals surface area contributed by atoms with Crippen molar-refractivity contribution in [3.63, 3.8) is 0 Å². The first-order valence-corrected chi connectivity index (χ1v) is 9.54. The number of piperidine rings is 1. The molecule has 0 aromatic carbocycles. The molecule has 0 aromatic heterocycles. The highest BCUT2D eigenvalue weighted by molar-refractivity contribution is 5.85. The lowest BCUT2D eigenvalue weighted by atomic mass is 10.0. The number of carbonyl (C=O) groups is 2. The Balaban J connectivity index is 0.00000225. The maximum absolute atomic E-state index is 12.4. The molecule has 0 bridgehead atoms. The van der Waals surface area contributed by atoms with Gasteiger partial charge in [0.2, 0.25) is 5.91 Å². The summed E-state index contributed by atoms with van der Waals surface area (Å²) in [6, 6.07) is 0.761. The molecule has 3 rings (SSSR count). The van der Waals surface area contributed by atoms with Crippen molar-refractivity contribution in [2.24, 2.45) is 11.8 Å². The number of carboxylic acids is 1. The van der Waals surface area contributed by atoms with Crippen LogP contribution in [-0.4, -0.2) is 71.6 Å². The predicted molar refractivity (Wildman–Crippen MR) is 99.0 cm³/mol. The summed E-state index contributed by atoms with van der Waals surface area (Å²) >= 11 is 0. The van der Waals surface area contributed by atoms with E-state index in [2.05, 4.69) is 10.2 Å². The maximum atomic E-state index is 12.4. The van der Waals surface area contributed by atoms with E-state index in [0.717, 1.165) is 44.3 Å². The highest BCUT2D eigenvalue weighted by Gasteiger charge is 2.42. The smallest absolute Gasteiger partial charge is 0.317 e. The van der Waals surface area contributed by atoms with E-state index in [1.807, 2.05) is 11.8 Å². The van der Waals surface area contributed by atoms with E-state index in [1.54, 1.807) is 0 Å². The summed E-state index contributed by atoms with van der Waals surface area (Å²) in [7, 11) is 0. The molecule has 1 saturated heterocycles. The van der Waals surface area contributed by atoms with Crippen molar-refractivity contribution in [1.29, 1.82) is 0 Å². The monoisotopic (exact) mass is 373 g/mol. The minimum Gasteiger partial charge on any atom is -0.480 e. The lowest BCUT2D eigenvalue weighted by Crippen LogP contribution is -2.50. The van der Waals surface area contributed by atoms with Crippen LogP contribution in [0.1, 0.15) is 45.4 Å². The number of rotatable bonds is 9. The molecule has 6 nitrogen and oxygen atoms in total. The van der Waals surface area contributed by atoms with Crippen molar-refractivity contribution in [3.05, 3.63) is 0 Å². The number of carbonyl (C=O) groups excluding carboxylic acids is 1. The van der Waals surface area contributed by atoms with Crippen LogP contribution in [0.4, 0.5) is 0 Å². The highest BCUT2D eigenvalue weighted by Crippen LogP contribution is 2.44. The molecule has 2 aliphatic carbocycles. The molecule has 3 aliphatic rings. The van der Waals surface area contributed by atoms with Gasteiger partial charge < -0.3 is 10.4 Å². The van der Waals surface area contributed by atoms with Gasteiger partial charge in [-0.2, -0.15) is 0 Å². The summed E-state index contributed by atoms with van der Waals surface area (Å²) < 4.78 is 0. The Morgan fingerprint density at radius 2 is 1.68 bits per heavy atom. The highest BCUT2D eigenvalue weighted by atomic mass is 35.5. The number of likely N-dealkylation sites (N-methyl/N-ethyl adjacent to an activating group) is 1. The van der Waals surface area contributed by atoms with Crippen LogP contribution < -0.4 is 5.32 Å². The number of hydrogen-bond donors (Lipinski definition) is 2. The van der Waals surface area contributed by atoms with Gasteiger partial charge in [0.15, 0.2) is 0 Å². The van der Waals surface area contributed by atoms with Gasteiger partial charge in [-0.25, -0.2) is 0 Å². The SMILES string of the molecule is CCN(CC(=O)O)C1CCN(CC(=O)NC(C2CC2)C2CC2)CC1.Cl. The summed E-state index contributed by atoms with van der Waals surface area (Å²) in [4.78, 5) is 27.6. The molecule has 0 atom stereocenters. The topological polar surface area (TPSA) is 72.9 Å². The van der Waals surface area contributed by atoms with Crippen molar-refractivity contribution < 1.29 is 14.7 Å². The van der Waals surface area contributed by atoms with Crippen molar-refractivity contribution in [3.8, 4) is 0 Å². The number of likely N-dealkylation sites (tertiary alicyclic amines) is 1. The molecular weight excluding hydrogens is 342 g/mol. The molecule has 25 heavy (non-hydrogen) atoms. The first-order chi connectivity index (χ1) is 11.6. The van der Waals surface area contributed by atoms with Crippen LogP contribution in [0.5, 0.6) is 0 Å². The number of carboxylic acid groups (broad SMARTS) is 1. The first kappa shape index (κ1) is 20.5. The van der Waals surface area contributed by atoms with E-state index < -0.39 is 5.97 Å². The average Bonchev–Trinajstić information content (AvgIpc) is 3.44. The van der Waals surface area contributed by atoms with Crippen LogP contribution in [-0.2, 0) is 9.59 Å². The van der Waals surface area contributed by atoms with Crippen LogP contribution in [0.3, 0.4) is 0 Å². The first-order valence-electron chi connectivity index (χ1n) is 9.54. The van der Waals surface area contributed by atoms with Crippen LogP contribution in [0.15, 0.2) is 0 Å². The normalized spacial score (nSPS) is 22.0. The van der Waals surface area contributed by atoms with Gasteiger partial charge in [-0.15, -0.1) is 12.4 Å². The molecule has 0 unspecified atom stereocenters. The van der Waals surface area contributed by atoms with Crippen LogP contribution in [0.2, 0.25) is 0 Å². The van der Waals surface area contributed by atoms with E-state index in [9.17, 15) is 9.59 Å². The average molecular weight is 374 g/mol. The summed E-state index contributed by atoms with van der Waals surface area (Å²) in [5.41, 5.74) is 0. The zero-order valence-corrected chi connectivity index (χ0v) is 16.0. The lowest BCUT2D eigenvalue weighted by molar-refractivity contribution is -0.139. The molecule has 0 spiro atoms. The summed E-state index contributed by atoms with van der Waals surface area (Å²) in [5.74, 6) is 0.891. The quantitative estimate of drug-likeness (QED) is 0.642. The summed E-state index contributed by atoms with van der Waals surface area (Å²) in [5, 5.41) is 12.3. The van der Waals surface area contributed by atoms with E-state index in [0.29, 0.717) is 18.6 Å². The number of amides is 1. The van der Waals surface area contributed by atoms with Crippen molar-refractivity contribution in [1.82, 2.24) is 15.1 Å². The van der Waals surface area contributed by atoms with E-state index in [1.165, 1.54) is 25.7 Å². The Labute approximate surface area is 156 Å². The van der Waals surface area contributed by atoms with Gasteiger partial charge >= 0.3 is 5.97 Å². The number of aliphatic carboxylic acids is 1. The largest absolute Gasteiger partial charge is 0.480 e. The Bertz CT molecular complexity index is 448. The Morgan fingerprint density at radius 3 is 2.12 bits per heavy atom. The van der Waals surface area contributed by atoms with Gasteiger partial charge in [0.05, 0.1) is 13.1 Å². The molecule has 1 aliphatic heterocycles. The fourth-order valence-corrected chi connectivity index (χ4v) is 4.08. The minimum absolute atomic E-state index is 0. The number of nitrogens with one attached hydrogen (secondary N) is 1. The third-order valence-corrected chi connectivity index (χ3v) is 5.77. The van der Waals surface area contributed by atoms with Crippen molar-refractivity contribution in [2.45, 2.75) is 57.5 Å². The molecule has 0 aromatic rings. The number of hydrogen-bond acceptors (Lipinski definition) is 4. The molecule has 144 valence electrons. The molecule has 1 amide bonds.